The lowest BCUT2D eigenvalue weighted by molar-refractivity contribution is 0.0437. The van der Waals surface area contributed by atoms with Gasteiger partial charge in [0.1, 0.15) is 11.4 Å². The number of benzene rings is 1. The molecule has 1 aliphatic heterocycles. The summed E-state index contributed by atoms with van der Waals surface area (Å²) in [6.45, 7) is 6.52. The van der Waals surface area contributed by atoms with Gasteiger partial charge in [-0.2, -0.15) is 0 Å². The number of furan rings is 1. The molecular formula is C20H28ClIN4O2. The van der Waals surface area contributed by atoms with Crippen LogP contribution in [0.15, 0.2) is 52.1 Å². The zero-order valence-corrected chi connectivity index (χ0v) is 19.3. The van der Waals surface area contributed by atoms with E-state index in [1.807, 2.05) is 25.1 Å². The summed E-state index contributed by atoms with van der Waals surface area (Å²) in [4.78, 5) is 6.87. The fraction of sp³-hybridized carbons (Fsp3) is 0.450. The fourth-order valence-electron chi connectivity index (χ4n) is 3.19. The van der Waals surface area contributed by atoms with Crippen LogP contribution in [-0.2, 0) is 5.60 Å². The predicted octanol–water partition coefficient (Wildman–Crippen LogP) is 3.59. The Bertz CT molecular complexity index is 767. The van der Waals surface area contributed by atoms with E-state index in [-0.39, 0.29) is 36.6 Å². The number of aliphatic hydroxyl groups is 1. The summed E-state index contributed by atoms with van der Waals surface area (Å²) in [6.07, 6.45) is 2.56. The van der Waals surface area contributed by atoms with Gasteiger partial charge in [0.25, 0.3) is 0 Å². The van der Waals surface area contributed by atoms with E-state index >= 15 is 0 Å². The highest BCUT2D eigenvalue weighted by atomic mass is 127. The van der Waals surface area contributed by atoms with E-state index < -0.39 is 5.60 Å². The van der Waals surface area contributed by atoms with Crippen molar-refractivity contribution in [3.8, 4) is 0 Å². The smallest absolute Gasteiger partial charge is 0.191 e. The Hall–Kier alpha value is -1.45. The minimum atomic E-state index is -1.14. The molecule has 8 heteroatoms. The third-order valence-corrected chi connectivity index (χ3v) is 4.88. The summed E-state index contributed by atoms with van der Waals surface area (Å²) in [7, 11) is 0. The van der Waals surface area contributed by atoms with Gasteiger partial charge in [0.2, 0.25) is 0 Å². The number of guanidine groups is 1. The number of rotatable bonds is 6. The zero-order chi connectivity index (χ0) is 19.3. The number of hydrogen-bond donors (Lipinski definition) is 3. The van der Waals surface area contributed by atoms with Gasteiger partial charge in [-0.25, -0.2) is 4.99 Å². The molecule has 1 aromatic heterocycles. The lowest BCUT2D eigenvalue weighted by Crippen LogP contribution is -2.45. The second-order valence-electron chi connectivity index (χ2n) is 7.00. The Balaban J connectivity index is 0.00000280. The zero-order valence-electron chi connectivity index (χ0n) is 16.2. The van der Waals surface area contributed by atoms with Crippen LogP contribution in [0.5, 0.6) is 0 Å². The van der Waals surface area contributed by atoms with E-state index in [4.69, 9.17) is 16.0 Å². The second kappa shape index (κ2) is 10.4. The third-order valence-electron chi connectivity index (χ3n) is 4.64. The maximum Gasteiger partial charge on any atom is 0.191 e. The summed E-state index contributed by atoms with van der Waals surface area (Å²) >= 11 is 6.11. The largest absolute Gasteiger partial charge is 0.466 e. The Morgan fingerprint density at radius 3 is 2.89 bits per heavy atom. The first kappa shape index (κ1) is 22.8. The Labute approximate surface area is 188 Å². The molecule has 0 bridgehead atoms. The maximum atomic E-state index is 10.6. The fourth-order valence-corrected chi connectivity index (χ4v) is 3.38. The van der Waals surface area contributed by atoms with Crippen LogP contribution in [0.1, 0.15) is 26.0 Å². The molecule has 28 heavy (non-hydrogen) atoms. The van der Waals surface area contributed by atoms with Crippen LogP contribution in [0.3, 0.4) is 0 Å². The number of anilines is 1. The van der Waals surface area contributed by atoms with E-state index in [0.717, 1.165) is 36.8 Å². The molecule has 2 heterocycles. The van der Waals surface area contributed by atoms with Gasteiger partial charge in [-0.05, 0) is 50.6 Å². The van der Waals surface area contributed by atoms with Crippen molar-refractivity contribution < 1.29 is 9.52 Å². The summed E-state index contributed by atoms with van der Waals surface area (Å²) in [5.41, 5.74) is -0.0107. The Morgan fingerprint density at radius 1 is 1.39 bits per heavy atom. The molecule has 1 aromatic carbocycles. The van der Waals surface area contributed by atoms with Crippen LogP contribution < -0.4 is 15.5 Å². The summed E-state index contributed by atoms with van der Waals surface area (Å²) in [5, 5.41) is 18.1. The van der Waals surface area contributed by atoms with Crippen LogP contribution in [-0.4, -0.2) is 43.3 Å². The molecule has 2 aromatic rings. The molecule has 0 radical (unpaired) electrons. The molecule has 1 aliphatic rings. The maximum absolute atomic E-state index is 10.6. The number of hydrogen-bond acceptors (Lipinski definition) is 4. The minimum absolute atomic E-state index is 0. The highest BCUT2D eigenvalue weighted by Gasteiger charge is 2.27. The van der Waals surface area contributed by atoms with Gasteiger partial charge < -0.3 is 25.1 Å². The van der Waals surface area contributed by atoms with Crippen molar-refractivity contribution >= 4 is 47.2 Å². The van der Waals surface area contributed by atoms with Crippen molar-refractivity contribution in [2.45, 2.75) is 31.9 Å². The van der Waals surface area contributed by atoms with E-state index in [0.29, 0.717) is 11.7 Å². The molecule has 2 unspecified atom stereocenters. The first-order valence-corrected chi connectivity index (χ1v) is 9.67. The quantitative estimate of drug-likeness (QED) is 0.310. The van der Waals surface area contributed by atoms with Gasteiger partial charge in [-0.1, -0.05) is 17.7 Å². The Morgan fingerprint density at radius 2 is 2.21 bits per heavy atom. The minimum Gasteiger partial charge on any atom is -0.466 e. The van der Waals surface area contributed by atoms with Gasteiger partial charge in [0.05, 0.1) is 12.8 Å². The topological polar surface area (TPSA) is 73.0 Å². The molecule has 0 spiro atoms. The Kier molecular flexibility index (Phi) is 8.45. The first-order chi connectivity index (χ1) is 13.0. The molecule has 0 amide bonds. The van der Waals surface area contributed by atoms with Crippen molar-refractivity contribution in [2.24, 2.45) is 4.99 Å². The van der Waals surface area contributed by atoms with E-state index in [2.05, 4.69) is 26.6 Å². The lowest BCUT2D eigenvalue weighted by Gasteiger charge is -2.22. The average molecular weight is 519 g/mol. The van der Waals surface area contributed by atoms with Crippen LogP contribution in [0.4, 0.5) is 5.69 Å². The van der Waals surface area contributed by atoms with Crippen LogP contribution in [0.25, 0.3) is 0 Å². The molecular weight excluding hydrogens is 491 g/mol. The number of aliphatic imine (C=N–C) groups is 1. The highest BCUT2D eigenvalue weighted by Crippen LogP contribution is 2.24. The number of halogens is 2. The molecule has 6 nitrogen and oxygen atoms in total. The number of nitrogens with zero attached hydrogens (tertiary/aromatic N) is 2. The normalized spacial score (nSPS) is 19.1. The van der Waals surface area contributed by atoms with Gasteiger partial charge in [-0.15, -0.1) is 24.0 Å². The molecule has 3 rings (SSSR count). The van der Waals surface area contributed by atoms with Crippen molar-refractivity contribution in [2.75, 3.05) is 31.1 Å². The first-order valence-electron chi connectivity index (χ1n) is 9.29. The van der Waals surface area contributed by atoms with Crippen LogP contribution in [0.2, 0.25) is 5.02 Å². The third kappa shape index (κ3) is 6.02. The van der Waals surface area contributed by atoms with Gasteiger partial charge in [0, 0.05) is 36.4 Å². The van der Waals surface area contributed by atoms with E-state index in [9.17, 15) is 5.11 Å². The summed E-state index contributed by atoms with van der Waals surface area (Å²) in [6, 6.07) is 11.7. The monoisotopic (exact) mass is 518 g/mol. The lowest BCUT2D eigenvalue weighted by atomic mass is 10.0. The molecule has 3 N–H and O–H groups in total. The SMILES string of the molecule is CCNC(=NCC(C)(O)c1ccco1)NC1CCN(c2cccc(Cl)c2)C1.I. The molecule has 0 saturated carbocycles. The highest BCUT2D eigenvalue weighted by molar-refractivity contribution is 14.0. The van der Waals surface area contributed by atoms with Crippen molar-refractivity contribution in [1.82, 2.24) is 10.6 Å². The standard InChI is InChI=1S/C20H27ClN4O2.HI/c1-3-22-19(23-14-20(2,26)18-8-5-11-27-18)24-16-9-10-25(13-16)17-7-4-6-15(21)12-17;/h4-8,11-12,16,26H,3,9-10,13-14H2,1-2H3,(H2,22,23,24);1H. The van der Waals surface area contributed by atoms with Gasteiger partial charge in [-0.3, -0.25) is 0 Å². The molecule has 0 aliphatic carbocycles. The second-order valence-corrected chi connectivity index (χ2v) is 7.44. The van der Waals surface area contributed by atoms with Crippen molar-refractivity contribution in [3.63, 3.8) is 0 Å². The molecule has 2 atom stereocenters. The summed E-state index contributed by atoms with van der Waals surface area (Å²) < 4.78 is 5.32. The van der Waals surface area contributed by atoms with Crippen molar-refractivity contribution in [3.05, 3.63) is 53.4 Å². The molecule has 1 fully saturated rings. The number of nitrogens with one attached hydrogen (secondary N) is 2. The molecule has 154 valence electrons. The van der Waals surface area contributed by atoms with E-state index in [1.165, 1.54) is 0 Å². The van der Waals surface area contributed by atoms with Crippen molar-refractivity contribution in [1.29, 1.82) is 0 Å². The van der Waals surface area contributed by atoms with E-state index in [1.54, 1.807) is 25.3 Å². The van der Waals surface area contributed by atoms with Crippen LogP contribution in [0, 0.1) is 0 Å². The molecule has 1 saturated heterocycles. The van der Waals surface area contributed by atoms with Gasteiger partial charge >= 0.3 is 0 Å². The predicted molar refractivity (Wildman–Crippen MR) is 125 cm³/mol. The van der Waals surface area contributed by atoms with Gasteiger partial charge in [0.15, 0.2) is 5.96 Å². The average Bonchev–Trinajstić information content (AvgIpc) is 3.32. The summed E-state index contributed by atoms with van der Waals surface area (Å²) in [5.74, 6) is 1.21. The van der Waals surface area contributed by atoms with Crippen LogP contribution >= 0.6 is 35.6 Å².